The van der Waals surface area contributed by atoms with Gasteiger partial charge in [-0.2, -0.15) is 0 Å². The van der Waals surface area contributed by atoms with Gasteiger partial charge in [-0.1, -0.05) is 0 Å². The Kier molecular flexibility index (Phi) is 6.15. The highest BCUT2D eigenvalue weighted by Crippen LogP contribution is 2.07. The van der Waals surface area contributed by atoms with Gasteiger partial charge < -0.3 is 20.5 Å². The summed E-state index contributed by atoms with van der Waals surface area (Å²) in [5, 5.41) is 13.4. The van der Waals surface area contributed by atoms with Crippen LogP contribution < -0.4 is 10.6 Å². The molecule has 7 nitrogen and oxygen atoms in total. The standard InChI is InChI=1S/C11H20N2O5/c1-5-12-9(16)7(6-8(14)15)13-10(17)18-11(2,3)4/h7H,5-6H2,1-4H3,(H,12,16)(H,13,17)(H,14,15)/t7-/m0/s1. The lowest BCUT2D eigenvalue weighted by Gasteiger charge is -2.22. The molecule has 1 atom stereocenters. The van der Waals surface area contributed by atoms with Crippen LogP contribution >= 0.6 is 0 Å². The van der Waals surface area contributed by atoms with E-state index in [1.54, 1.807) is 27.7 Å². The number of hydrogen-bond donors (Lipinski definition) is 3. The highest BCUT2D eigenvalue weighted by atomic mass is 16.6. The molecule has 0 unspecified atom stereocenters. The zero-order valence-electron chi connectivity index (χ0n) is 11.1. The van der Waals surface area contributed by atoms with Crippen LogP contribution in [0.1, 0.15) is 34.1 Å². The molecule has 0 saturated heterocycles. The second-order valence-electron chi connectivity index (χ2n) is 4.69. The lowest BCUT2D eigenvalue weighted by atomic mass is 10.2. The van der Waals surface area contributed by atoms with E-state index in [1.165, 1.54) is 0 Å². The number of alkyl carbamates (subject to hydrolysis) is 1. The summed E-state index contributed by atoms with van der Waals surface area (Å²) in [5.74, 6) is -1.73. The molecule has 3 N–H and O–H groups in total. The fraction of sp³-hybridized carbons (Fsp3) is 0.727. The molecule has 0 rings (SSSR count). The van der Waals surface area contributed by atoms with Crippen LogP contribution in [0.25, 0.3) is 0 Å². The molecule has 104 valence electrons. The molecule has 0 bridgehead atoms. The number of carbonyl (C=O) groups excluding carboxylic acids is 2. The number of amides is 2. The molecule has 0 aromatic carbocycles. The van der Waals surface area contributed by atoms with E-state index in [1.807, 2.05) is 0 Å². The van der Waals surface area contributed by atoms with Crippen LogP contribution in [0.3, 0.4) is 0 Å². The summed E-state index contributed by atoms with van der Waals surface area (Å²) >= 11 is 0. The zero-order chi connectivity index (χ0) is 14.3. The molecule has 0 aliphatic heterocycles. The maximum atomic E-state index is 11.5. The zero-order valence-corrected chi connectivity index (χ0v) is 11.1. The van der Waals surface area contributed by atoms with Crippen molar-refractivity contribution in [2.24, 2.45) is 0 Å². The first-order valence-electron chi connectivity index (χ1n) is 5.64. The molecule has 0 spiro atoms. The minimum absolute atomic E-state index is 0.352. The average Bonchev–Trinajstić information content (AvgIpc) is 2.13. The highest BCUT2D eigenvalue weighted by Gasteiger charge is 2.25. The molecule has 0 aromatic heterocycles. The second-order valence-corrected chi connectivity index (χ2v) is 4.69. The van der Waals surface area contributed by atoms with E-state index in [4.69, 9.17) is 9.84 Å². The van der Waals surface area contributed by atoms with Crippen molar-refractivity contribution < 1.29 is 24.2 Å². The summed E-state index contributed by atoms with van der Waals surface area (Å²) in [6, 6.07) is -1.14. The summed E-state index contributed by atoms with van der Waals surface area (Å²) in [4.78, 5) is 33.6. The van der Waals surface area contributed by atoms with Gasteiger partial charge in [0, 0.05) is 6.54 Å². The Morgan fingerprint density at radius 2 is 1.83 bits per heavy atom. The number of carbonyl (C=O) groups is 3. The van der Waals surface area contributed by atoms with Gasteiger partial charge in [-0.05, 0) is 27.7 Å². The number of aliphatic carboxylic acids is 1. The molecule has 0 aliphatic carbocycles. The lowest BCUT2D eigenvalue weighted by Crippen LogP contribution is -2.49. The normalized spacial score (nSPS) is 12.4. The van der Waals surface area contributed by atoms with Crippen molar-refractivity contribution in [2.45, 2.75) is 45.8 Å². The Morgan fingerprint density at radius 3 is 2.22 bits per heavy atom. The molecular formula is C11H20N2O5. The summed E-state index contributed by atoms with van der Waals surface area (Å²) in [6.07, 6.45) is -1.31. The Balaban J connectivity index is 4.54. The van der Waals surface area contributed by atoms with E-state index in [-0.39, 0.29) is 0 Å². The van der Waals surface area contributed by atoms with E-state index in [0.29, 0.717) is 6.54 Å². The van der Waals surface area contributed by atoms with Crippen LogP contribution in [-0.4, -0.2) is 41.3 Å². The third kappa shape index (κ3) is 7.48. The summed E-state index contributed by atoms with van der Waals surface area (Å²) in [6.45, 7) is 7.06. The van der Waals surface area contributed by atoms with Gasteiger partial charge in [0.2, 0.25) is 5.91 Å². The van der Waals surface area contributed by atoms with E-state index >= 15 is 0 Å². The monoisotopic (exact) mass is 260 g/mol. The predicted molar refractivity (Wildman–Crippen MR) is 64.1 cm³/mol. The molecule has 0 fully saturated rings. The first kappa shape index (κ1) is 16.2. The van der Waals surface area contributed by atoms with Crippen LogP contribution in [0.5, 0.6) is 0 Å². The van der Waals surface area contributed by atoms with Crippen LogP contribution in [0, 0.1) is 0 Å². The summed E-state index contributed by atoms with van der Waals surface area (Å²) in [5.41, 5.74) is -0.709. The maximum absolute atomic E-state index is 11.5. The Hall–Kier alpha value is -1.79. The number of likely N-dealkylation sites (N-methyl/N-ethyl adjacent to an activating group) is 1. The maximum Gasteiger partial charge on any atom is 0.408 e. The van der Waals surface area contributed by atoms with E-state index < -0.39 is 36.0 Å². The minimum Gasteiger partial charge on any atom is -0.481 e. The first-order valence-corrected chi connectivity index (χ1v) is 5.64. The van der Waals surface area contributed by atoms with Gasteiger partial charge >= 0.3 is 12.1 Å². The SMILES string of the molecule is CCNC(=O)[C@H](CC(=O)O)NC(=O)OC(C)(C)C. The van der Waals surface area contributed by atoms with Gasteiger partial charge in [0.15, 0.2) is 0 Å². The topological polar surface area (TPSA) is 105 Å². The Morgan fingerprint density at radius 1 is 1.28 bits per heavy atom. The highest BCUT2D eigenvalue weighted by molar-refractivity contribution is 5.89. The van der Waals surface area contributed by atoms with Crippen LogP contribution in [0.15, 0.2) is 0 Å². The largest absolute Gasteiger partial charge is 0.481 e. The Bertz CT molecular complexity index is 322. The molecule has 2 amide bonds. The number of rotatable bonds is 5. The summed E-state index contributed by atoms with van der Waals surface area (Å²) in [7, 11) is 0. The third-order valence-corrected chi connectivity index (χ3v) is 1.74. The molecular weight excluding hydrogens is 240 g/mol. The predicted octanol–water partition coefficient (Wildman–Crippen LogP) is 0.490. The average molecular weight is 260 g/mol. The van der Waals surface area contributed by atoms with Gasteiger partial charge in [0.25, 0.3) is 0 Å². The van der Waals surface area contributed by atoms with Crippen molar-refractivity contribution in [3.63, 3.8) is 0 Å². The number of carboxylic acids is 1. The third-order valence-electron chi connectivity index (χ3n) is 1.74. The summed E-state index contributed by atoms with van der Waals surface area (Å²) < 4.78 is 4.96. The van der Waals surface area contributed by atoms with E-state index in [9.17, 15) is 14.4 Å². The molecule has 0 radical (unpaired) electrons. The van der Waals surface area contributed by atoms with Crippen molar-refractivity contribution in [2.75, 3.05) is 6.54 Å². The van der Waals surface area contributed by atoms with E-state index in [0.717, 1.165) is 0 Å². The van der Waals surface area contributed by atoms with Gasteiger partial charge in [-0.25, -0.2) is 4.79 Å². The van der Waals surface area contributed by atoms with Crippen LogP contribution in [0.2, 0.25) is 0 Å². The molecule has 0 aliphatic rings. The second kappa shape index (κ2) is 6.83. The molecule has 18 heavy (non-hydrogen) atoms. The fourth-order valence-electron chi connectivity index (χ4n) is 1.13. The van der Waals surface area contributed by atoms with Gasteiger partial charge in [-0.3, -0.25) is 9.59 Å². The quantitative estimate of drug-likeness (QED) is 0.667. The van der Waals surface area contributed by atoms with Crippen molar-refractivity contribution in [3.05, 3.63) is 0 Å². The van der Waals surface area contributed by atoms with E-state index in [2.05, 4.69) is 10.6 Å². The number of hydrogen-bond acceptors (Lipinski definition) is 4. The number of ether oxygens (including phenoxy) is 1. The smallest absolute Gasteiger partial charge is 0.408 e. The van der Waals surface area contributed by atoms with Crippen LogP contribution in [0.4, 0.5) is 4.79 Å². The molecule has 0 heterocycles. The van der Waals surface area contributed by atoms with Crippen molar-refractivity contribution in [1.29, 1.82) is 0 Å². The molecule has 7 heteroatoms. The van der Waals surface area contributed by atoms with Gasteiger partial charge in [0.1, 0.15) is 11.6 Å². The lowest BCUT2D eigenvalue weighted by molar-refractivity contribution is -0.139. The first-order chi connectivity index (χ1) is 8.15. The van der Waals surface area contributed by atoms with Gasteiger partial charge in [0.05, 0.1) is 6.42 Å². The van der Waals surface area contributed by atoms with Crippen molar-refractivity contribution in [3.8, 4) is 0 Å². The molecule has 0 aromatic rings. The van der Waals surface area contributed by atoms with Crippen LogP contribution in [-0.2, 0) is 14.3 Å². The Labute approximate surface area is 106 Å². The fourth-order valence-corrected chi connectivity index (χ4v) is 1.13. The number of nitrogens with one attached hydrogen (secondary N) is 2. The minimum atomic E-state index is -1.18. The molecule has 0 saturated carbocycles. The number of carboxylic acid groups (broad SMARTS) is 1. The van der Waals surface area contributed by atoms with Gasteiger partial charge in [-0.15, -0.1) is 0 Å². The van der Waals surface area contributed by atoms with Crippen molar-refractivity contribution >= 4 is 18.0 Å². The van der Waals surface area contributed by atoms with Crippen molar-refractivity contribution in [1.82, 2.24) is 10.6 Å².